The van der Waals surface area contributed by atoms with Crippen LogP contribution < -0.4 is 20.0 Å². The van der Waals surface area contributed by atoms with Gasteiger partial charge in [0.05, 0.1) is 7.11 Å². The van der Waals surface area contributed by atoms with Gasteiger partial charge in [0.15, 0.2) is 0 Å². The Hall–Kier alpha value is -2.79. The summed E-state index contributed by atoms with van der Waals surface area (Å²) in [6.45, 7) is 4.34. The van der Waals surface area contributed by atoms with Crippen LogP contribution in [0.15, 0.2) is 39.5 Å². The molecule has 144 valence electrons. The van der Waals surface area contributed by atoms with Crippen molar-refractivity contribution in [3.05, 3.63) is 68.6 Å². The van der Waals surface area contributed by atoms with Crippen molar-refractivity contribution in [1.29, 1.82) is 0 Å². The molecule has 28 heavy (non-hydrogen) atoms. The zero-order valence-electron chi connectivity index (χ0n) is 16.3. The first-order valence-electron chi connectivity index (χ1n) is 9.84. The zero-order chi connectivity index (χ0) is 19.3. The molecule has 0 fully saturated rings. The largest absolute Gasteiger partial charge is 0.497 e. The van der Waals surface area contributed by atoms with E-state index < -0.39 is 0 Å². The van der Waals surface area contributed by atoms with Gasteiger partial charge in [0.25, 0.3) is 0 Å². The summed E-state index contributed by atoms with van der Waals surface area (Å²) in [5.74, 6) is 1.76. The Morgan fingerprint density at radius 2 is 2.04 bits per heavy atom. The van der Waals surface area contributed by atoms with E-state index in [0.29, 0.717) is 12.3 Å². The van der Waals surface area contributed by atoms with Crippen molar-refractivity contribution in [3.63, 3.8) is 0 Å². The molecule has 1 unspecified atom stereocenters. The molecule has 5 heteroatoms. The molecular formula is C23H24NO4+. The molecular weight excluding hydrogens is 354 g/mol. The van der Waals surface area contributed by atoms with E-state index in [1.54, 1.807) is 7.11 Å². The minimum atomic E-state index is -0.177. The van der Waals surface area contributed by atoms with E-state index in [1.807, 2.05) is 19.1 Å². The third-order valence-electron chi connectivity index (χ3n) is 5.97. The van der Waals surface area contributed by atoms with Crippen LogP contribution in [0.25, 0.3) is 11.0 Å². The van der Waals surface area contributed by atoms with Crippen LogP contribution in [0.2, 0.25) is 0 Å². The number of ether oxygens (including phenoxy) is 2. The van der Waals surface area contributed by atoms with Crippen LogP contribution in [0.5, 0.6) is 11.5 Å². The number of aryl methyl sites for hydroxylation is 2. The number of hydrogen-bond donors (Lipinski definition) is 1. The van der Waals surface area contributed by atoms with Gasteiger partial charge in [-0.05, 0) is 49.9 Å². The van der Waals surface area contributed by atoms with Crippen LogP contribution in [0.3, 0.4) is 0 Å². The first-order chi connectivity index (χ1) is 13.6. The molecule has 0 spiro atoms. The van der Waals surface area contributed by atoms with Gasteiger partial charge in [0.1, 0.15) is 30.2 Å². The number of methoxy groups -OCH3 is 1. The number of rotatable bonds is 3. The number of fused-ring (bicyclic) bond motifs is 4. The minimum Gasteiger partial charge on any atom is -0.497 e. The maximum atomic E-state index is 12.3. The van der Waals surface area contributed by atoms with Gasteiger partial charge in [-0.3, -0.25) is 4.90 Å². The molecule has 0 saturated carbocycles. The van der Waals surface area contributed by atoms with Gasteiger partial charge in [0.2, 0.25) is 6.73 Å². The lowest BCUT2D eigenvalue weighted by atomic mass is 9.99. The first kappa shape index (κ1) is 17.3. The second-order valence-corrected chi connectivity index (χ2v) is 7.81. The molecule has 2 aliphatic rings. The summed E-state index contributed by atoms with van der Waals surface area (Å²) in [5.41, 5.74) is 5.92. The summed E-state index contributed by atoms with van der Waals surface area (Å²) in [6, 6.07) is 10.4. The maximum absolute atomic E-state index is 12.3. The van der Waals surface area contributed by atoms with Crippen LogP contribution >= 0.6 is 0 Å². The molecule has 3 aromatic rings. The second-order valence-electron chi connectivity index (χ2n) is 7.81. The highest BCUT2D eigenvalue weighted by atomic mass is 16.5. The molecule has 1 aliphatic heterocycles. The standard InChI is InChI=1S/C23H23NO4/c1-14-21-16(10-20-18-7-4-8-19(18)23(25)28-22(14)20)12-24(13-27-21)11-15-5-3-6-17(9-15)26-2/h3,5-6,9-10H,4,7-8,11-13H2,1-2H3/p+1. The molecule has 5 rings (SSSR count). The van der Waals surface area contributed by atoms with E-state index in [2.05, 4.69) is 18.2 Å². The van der Waals surface area contributed by atoms with Gasteiger partial charge in [-0.25, -0.2) is 4.79 Å². The lowest BCUT2D eigenvalue weighted by Gasteiger charge is -2.28. The van der Waals surface area contributed by atoms with Gasteiger partial charge >= 0.3 is 5.63 Å². The Morgan fingerprint density at radius 1 is 1.18 bits per heavy atom. The van der Waals surface area contributed by atoms with Crippen molar-refractivity contribution in [1.82, 2.24) is 0 Å². The number of nitrogens with one attached hydrogen (secondary N) is 1. The third kappa shape index (κ3) is 2.78. The van der Waals surface area contributed by atoms with Crippen LogP contribution in [-0.2, 0) is 25.9 Å². The lowest BCUT2D eigenvalue weighted by molar-refractivity contribution is -0.945. The Balaban J connectivity index is 1.51. The van der Waals surface area contributed by atoms with Gasteiger partial charge < -0.3 is 13.9 Å². The number of quaternary nitrogens is 1. The van der Waals surface area contributed by atoms with Crippen LogP contribution in [0.4, 0.5) is 0 Å². The fraction of sp³-hybridized carbons (Fsp3) is 0.348. The fourth-order valence-corrected chi connectivity index (χ4v) is 4.64. The lowest BCUT2D eigenvalue weighted by Crippen LogP contribution is -3.10. The number of hydrogen-bond acceptors (Lipinski definition) is 4. The van der Waals surface area contributed by atoms with Crippen molar-refractivity contribution in [2.24, 2.45) is 0 Å². The summed E-state index contributed by atoms with van der Waals surface area (Å²) in [4.78, 5) is 13.7. The summed E-state index contributed by atoms with van der Waals surface area (Å²) < 4.78 is 17.2. The zero-order valence-corrected chi connectivity index (χ0v) is 16.3. The van der Waals surface area contributed by atoms with E-state index in [-0.39, 0.29) is 5.63 Å². The summed E-state index contributed by atoms with van der Waals surface area (Å²) >= 11 is 0. The van der Waals surface area contributed by atoms with Crippen LogP contribution in [0.1, 0.15) is 34.2 Å². The van der Waals surface area contributed by atoms with E-state index in [0.717, 1.165) is 60.4 Å². The van der Waals surface area contributed by atoms with Gasteiger partial charge in [0, 0.05) is 27.6 Å². The van der Waals surface area contributed by atoms with E-state index in [9.17, 15) is 4.79 Å². The quantitative estimate of drug-likeness (QED) is 0.712. The predicted octanol–water partition coefficient (Wildman–Crippen LogP) is 2.53. The minimum absolute atomic E-state index is 0.177. The van der Waals surface area contributed by atoms with Crippen molar-refractivity contribution in [2.75, 3.05) is 13.8 Å². The van der Waals surface area contributed by atoms with E-state index >= 15 is 0 Å². The first-order valence-corrected chi connectivity index (χ1v) is 9.84. The Bertz CT molecular complexity index is 1130. The average molecular weight is 378 g/mol. The van der Waals surface area contributed by atoms with E-state index in [4.69, 9.17) is 13.9 Å². The molecule has 1 aromatic heterocycles. The highest BCUT2D eigenvalue weighted by Crippen LogP contribution is 2.36. The Labute approximate surface area is 163 Å². The average Bonchev–Trinajstić information content (AvgIpc) is 3.20. The number of benzene rings is 2. The van der Waals surface area contributed by atoms with Crippen LogP contribution in [0, 0.1) is 6.92 Å². The topological polar surface area (TPSA) is 53.1 Å². The SMILES string of the molecule is COc1cccc(C[NH+]2COc3c(cc4c5c(c(=O)oc4c3C)CCC5)C2)c1. The molecule has 0 saturated heterocycles. The van der Waals surface area contributed by atoms with Crippen molar-refractivity contribution in [2.45, 2.75) is 39.3 Å². The molecule has 1 aliphatic carbocycles. The summed E-state index contributed by atoms with van der Waals surface area (Å²) in [5, 5.41) is 1.09. The van der Waals surface area contributed by atoms with Crippen molar-refractivity contribution in [3.8, 4) is 11.5 Å². The molecule has 2 aromatic carbocycles. The third-order valence-corrected chi connectivity index (χ3v) is 5.97. The van der Waals surface area contributed by atoms with Crippen LogP contribution in [-0.4, -0.2) is 13.8 Å². The molecule has 2 heterocycles. The van der Waals surface area contributed by atoms with Gasteiger partial charge in [-0.15, -0.1) is 0 Å². The molecule has 0 radical (unpaired) electrons. The molecule has 1 N–H and O–H groups in total. The molecule has 0 amide bonds. The normalized spacial score (nSPS) is 17.9. The Kier molecular flexibility index (Phi) is 4.13. The van der Waals surface area contributed by atoms with Gasteiger partial charge in [-0.1, -0.05) is 12.1 Å². The van der Waals surface area contributed by atoms with Crippen molar-refractivity contribution >= 4 is 11.0 Å². The molecule has 0 bridgehead atoms. The van der Waals surface area contributed by atoms with E-state index in [1.165, 1.54) is 21.6 Å². The summed E-state index contributed by atoms with van der Waals surface area (Å²) in [6.07, 6.45) is 2.81. The second kappa shape index (κ2) is 6.67. The smallest absolute Gasteiger partial charge is 0.339 e. The highest BCUT2D eigenvalue weighted by molar-refractivity contribution is 5.87. The molecule has 5 nitrogen and oxygen atoms in total. The predicted molar refractivity (Wildman–Crippen MR) is 106 cm³/mol. The Morgan fingerprint density at radius 3 is 2.89 bits per heavy atom. The monoisotopic (exact) mass is 378 g/mol. The fourth-order valence-electron chi connectivity index (χ4n) is 4.64. The van der Waals surface area contributed by atoms with Crippen molar-refractivity contribution < 1.29 is 18.8 Å². The maximum Gasteiger partial charge on any atom is 0.339 e. The van der Waals surface area contributed by atoms with Gasteiger partial charge in [-0.2, -0.15) is 0 Å². The summed E-state index contributed by atoms with van der Waals surface area (Å²) in [7, 11) is 1.69. The molecule has 1 atom stereocenters. The highest BCUT2D eigenvalue weighted by Gasteiger charge is 2.27.